The fourth-order valence-corrected chi connectivity index (χ4v) is 2.01. The van der Waals surface area contributed by atoms with Crippen LogP contribution in [0.2, 0.25) is 5.15 Å². The van der Waals surface area contributed by atoms with E-state index < -0.39 is 0 Å². The minimum absolute atomic E-state index is 0.298. The van der Waals surface area contributed by atoms with Crippen molar-refractivity contribution in [3.63, 3.8) is 0 Å². The standard InChI is InChI=1S/C14H15ClN2O3/c1-18-8-14-16-11(7-13(15)17-14)10-5-4-9(19-2)6-12(10)20-3/h4-7H,8H2,1-3H3. The number of hydrogen-bond donors (Lipinski definition) is 0. The maximum atomic E-state index is 6.02. The van der Waals surface area contributed by atoms with Gasteiger partial charge in [-0.05, 0) is 12.1 Å². The average molecular weight is 295 g/mol. The maximum Gasteiger partial charge on any atom is 0.156 e. The van der Waals surface area contributed by atoms with Crippen LogP contribution in [0, 0.1) is 0 Å². The fraction of sp³-hybridized carbons (Fsp3) is 0.286. The van der Waals surface area contributed by atoms with Crippen LogP contribution in [0.3, 0.4) is 0 Å². The molecule has 1 heterocycles. The molecular formula is C14H15ClN2O3. The molecule has 1 aromatic carbocycles. The highest BCUT2D eigenvalue weighted by Crippen LogP contribution is 2.33. The zero-order chi connectivity index (χ0) is 14.5. The van der Waals surface area contributed by atoms with Crippen molar-refractivity contribution in [1.29, 1.82) is 0 Å². The highest BCUT2D eigenvalue weighted by Gasteiger charge is 2.11. The molecule has 0 saturated carbocycles. The van der Waals surface area contributed by atoms with Crippen LogP contribution >= 0.6 is 11.6 Å². The number of methoxy groups -OCH3 is 3. The van der Waals surface area contributed by atoms with Crippen molar-refractivity contribution in [2.75, 3.05) is 21.3 Å². The van der Waals surface area contributed by atoms with Crippen LogP contribution in [0.5, 0.6) is 11.5 Å². The van der Waals surface area contributed by atoms with Crippen LogP contribution < -0.4 is 9.47 Å². The summed E-state index contributed by atoms with van der Waals surface area (Å²) in [6.45, 7) is 0.298. The van der Waals surface area contributed by atoms with Gasteiger partial charge in [-0.25, -0.2) is 9.97 Å². The number of benzene rings is 1. The Balaban J connectivity index is 2.50. The smallest absolute Gasteiger partial charge is 0.156 e. The molecule has 0 aliphatic heterocycles. The van der Waals surface area contributed by atoms with Gasteiger partial charge in [0.25, 0.3) is 0 Å². The van der Waals surface area contributed by atoms with Crippen LogP contribution in [0.25, 0.3) is 11.3 Å². The third-order valence-corrected chi connectivity index (χ3v) is 2.89. The fourth-order valence-electron chi connectivity index (χ4n) is 1.81. The highest BCUT2D eigenvalue weighted by molar-refractivity contribution is 6.29. The van der Waals surface area contributed by atoms with Crippen LogP contribution in [-0.4, -0.2) is 31.3 Å². The summed E-state index contributed by atoms with van der Waals surface area (Å²) >= 11 is 6.02. The molecule has 2 rings (SSSR count). The molecule has 2 aromatic rings. The topological polar surface area (TPSA) is 53.5 Å². The molecule has 0 aliphatic rings. The number of ether oxygens (including phenoxy) is 3. The van der Waals surface area contributed by atoms with Crippen molar-refractivity contribution in [2.24, 2.45) is 0 Å². The maximum absolute atomic E-state index is 6.02. The van der Waals surface area contributed by atoms with Crippen LogP contribution in [0.1, 0.15) is 5.82 Å². The van der Waals surface area contributed by atoms with Crippen molar-refractivity contribution >= 4 is 11.6 Å². The molecule has 0 bridgehead atoms. The molecule has 0 radical (unpaired) electrons. The summed E-state index contributed by atoms with van der Waals surface area (Å²) in [6.07, 6.45) is 0. The van der Waals surface area contributed by atoms with E-state index in [0.717, 1.165) is 5.56 Å². The lowest BCUT2D eigenvalue weighted by molar-refractivity contribution is 0.178. The van der Waals surface area contributed by atoms with E-state index in [4.69, 9.17) is 25.8 Å². The Bertz CT molecular complexity index is 605. The highest BCUT2D eigenvalue weighted by atomic mass is 35.5. The Kier molecular flexibility index (Phi) is 4.76. The minimum atomic E-state index is 0.298. The summed E-state index contributed by atoms with van der Waals surface area (Å²) in [5, 5.41) is 0.361. The quantitative estimate of drug-likeness (QED) is 0.794. The van der Waals surface area contributed by atoms with Crippen molar-refractivity contribution in [1.82, 2.24) is 9.97 Å². The molecular weight excluding hydrogens is 280 g/mol. The van der Waals surface area contributed by atoms with Gasteiger partial charge in [0.2, 0.25) is 0 Å². The van der Waals surface area contributed by atoms with Gasteiger partial charge in [-0.2, -0.15) is 0 Å². The molecule has 20 heavy (non-hydrogen) atoms. The molecule has 106 valence electrons. The predicted octanol–water partition coefficient (Wildman–Crippen LogP) is 2.96. The van der Waals surface area contributed by atoms with E-state index in [2.05, 4.69) is 9.97 Å². The largest absolute Gasteiger partial charge is 0.497 e. The number of nitrogens with zero attached hydrogens (tertiary/aromatic N) is 2. The first-order chi connectivity index (χ1) is 9.67. The lowest BCUT2D eigenvalue weighted by atomic mass is 10.1. The summed E-state index contributed by atoms with van der Waals surface area (Å²) < 4.78 is 15.6. The molecule has 0 fully saturated rings. The van der Waals surface area contributed by atoms with Gasteiger partial charge in [-0.1, -0.05) is 11.6 Å². The van der Waals surface area contributed by atoms with Crippen molar-refractivity contribution < 1.29 is 14.2 Å². The molecule has 0 N–H and O–H groups in total. The second-order valence-electron chi connectivity index (χ2n) is 3.99. The minimum Gasteiger partial charge on any atom is -0.497 e. The van der Waals surface area contributed by atoms with E-state index in [-0.39, 0.29) is 0 Å². The lowest BCUT2D eigenvalue weighted by Crippen LogP contribution is -2.00. The summed E-state index contributed by atoms with van der Waals surface area (Å²) in [4.78, 5) is 8.52. The van der Waals surface area contributed by atoms with Gasteiger partial charge in [0.1, 0.15) is 23.3 Å². The zero-order valence-corrected chi connectivity index (χ0v) is 12.3. The molecule has 0 aliphatic carbocycles. The van der Waals surface area contributed by atoms with E-state index in [1.54, 1.807) is 33.5 Å². The van der Waals surface area contributed by atoms with E-state index in [9.17, 15) is 0 Å². The summed E-state index contributed by atoms with van der Waals surface area (Å²) in [7, 11) is 4.78. The Morgan fingerprint density at radius 2 is 1.85 bits per heavy atom. The molecule has 0 spiro atoms. The lowest BCUT2D eigenvalue weighted by Gasteiger charge is -2.11. The third kappa shape index (κ3) is 3.18. The van der Waals surface area contributed by atoms with Crippen molar-refractivity contribution in [2.45, 2.75) is 6.61 Å². The zero-order valence-electron chi connectivity index (χ0n) is 11.5. The van der Waals surface area contributed by atoms with Gasteiger partial charge in [-0.15, -0.1) is 0 Å². The first-order valence-electron chi connectivity index (χ1n) is 5.92. The summed E-state index contributed by atoms with van der Waals surface area (Å²) in [6, 6.07) is 7.18. The first kappa shape index (κ1) is 14.6. The Hall–Kier alpha value is -1.85. The molecule has 0 amide bonds. The van der Waals surface area contributed by atoms with Crippen molar-refractivity contribution in [3.8, 4) is 22.8 Å². The van der Waals surface area contributed by atoms with E-state index >= 15 is 0 Å². The number of halogens is 1. The van der Waals surface area contributed by atoms with Gasteiger partial charge in [0.15, 0.2) is 5.82 Å². The van der Waals surface area contributed by atoms with Crippen LogP contribution in [-0.2, 0) is 11.3 Å². The number of rotatable bonds is 5. The first-order valence-corrected chi connectivity index (χ1v) is 6.30. The molecule has 6 heteroatoms. The van der Waals surface area contributed by atoms with Gasteiger partial charge < -0.3 is 14.2 Å². The van der Waals surface area contributed by atoms with Gasteiger partial charge in [-0.3, -0.25) is 0 Å². The second-order valence-corrected chi connectivity index (χ2v) is 4.38. The van der Waals surface area contributed by atoms with Crippen LogP contribution in [0.4, 0.5) is 0 Å². The SMILES string of the molecule is COCc1nc(Cl)cc(-c2ccc(OC)cc2OC)n1. The van der Waals surface area contributed by atoms with Crippen LogP contribution in [0.15, 0.2) is 24.3 Å². The van der Waals surface area contributed by atoms with Gasteiger partial charge in [0, 0.05) is 24.8 Å². The average Bonchev–Trinajstić information content (AvgIpc) is 2.46. The molecule has 0 saturated heterocycles. The summed E-state index contributed by atoms with van der Waals surface area (Å²) in [5.41, 5.74) is 1.49. The molecule has 1 aromatic heterocycles. The normalized spacial score (nSPS) is 10.4. The van der Waals surface area contributed by atoms with E-state index in [0.29, 0.717) is 34.8 Å². The van der Waals surface area contributed by atoms with E-state index in [1.807, 2.05) is 12.1 Å². The molecule has 0 atom stereocenters. The molecule has 0 unspecified atom stereocenters. The molecule has 5 nitrogen and oxygen atoms in total. The Morgan fingerprint density at radius 1 is 1.05 bits per heavy atom. The second kappa shape index (κ2) is 6.54. The van der Waals surface area contributed by atoms with Crippen molar-refractivity contribution in [3.05, 3.63) is 35.2 Å². The van der Waals surface area contributed by atoms with Gasteiger partial charge in [0.05, 0.1) is 19.9 Å². The Labute approximate surface area is 122 Å². The third-order valence-electron chi connectivity index (χ3n) is 2.70. The Morgan fingerprint density at radius 3 is 2.50 bits per heavy atom. The van der Waals surface area contributed by atoms with Gasteiger partial charge >= 0.3 is 0 Å². The summed E-state index contributed by atoms with van der Waals surface area (Å²) in [5.74, 6) is 1.89. The predicted molar refractivity (Wildman–Crippen MR) is 76.3 cm³/mol. The number of aromatic nitrogens is 2. The monoisotopic (exact) mass is 294 g/mol. The number of hydrogen-bond acceptors (Lipinski definition) is 5. The van der Waals surface area contributed by atoms with E-state index in [1.165, 1.54) is 0 Å².